The first-order valence-electron chi connectivity index (χ1n) is 5.73. The Morgan fingerprint density at radius 3 is 2.95 bits per heavy atom. The number of hydrogen-bond acceptors (Lipinski definition) is 6. The van der Waals surface area contributed by atoms with Gasteiger partial charge in [0.05, 0.1) is 17.4 Å². The molecule has 3 aromatic rings. The molecule has 2 aromatic heterocycles. The van der Waals surface area contributed by atoms with E-state index in [4.69, 9.17) is 5.73 Å². The predicted octanol–water partition coefficient (Wildman–Crippen LogP) is 3.10. The van der Waals surface area contributed by atoms with E-state index in [1.165, 1.54) is 28.9 Å². The summed E-state index contributed by atoms with van der Waals surface area (Å²) in [6, 6.07) is 7.48. The van der Waals surface area contributed by atoms with Gasteiger partial charge in [-0.25, -0.2) is 4.98 Å². The number of benzene rings is 1. The lowest BCUT2D eigenvalue weighted by Gasteiger charge is -1.99. The van der Waals surface area contributed by atoms with Crippen molar-refractivity contribution in [3.05, 3.63) is 46.2 Å². The van der Waals surface area contributed by atoms with E-state index in [1.54, 1.807) is 5.51 Å². The summed E-state index contributed by atoms with van der Waals surface area (Å²) in [5.74, 6) is -0.194. The zero-order valence-corrected chi connectivity index (χ0v) is 11.9. The molecule has 3 rings (SSSR count). The molecule has 0 unspecified atom stereocenters. The number of nitrogens with two attached hydrogens (primary N) is 1. The molecular formula is C13H10N4OS2. The second-order valence-corrected chi connectivity index (χ2v) is 5.73. The van der Waals surface area contributed by atoms with Crippen LogP contribution in [0.5, 0.6) is 0 Å². The first-order valence-corrected chi connectivity index (χ1v) is 7.49. The number of nitrogens with one attached hydrogen (secondary N) is 1. The average Bonchev–Trinajstić information content (AvgIpc) is 3.10. The standard InChI is InChI=1S/C13H10N4OS2/c14-9-3-1-2-8(4-9)10-6-19-13(16-10)17-12(18)11-5-15-7-20-11/h1-7H,14H2,(H,16,17,18). The van der Waals surface area contributed by atoms with Crippen LogP contribution in [0.3, 0.4) is 0 Å². The average molecular weight is 302 g/mol. The zero-order valence-electron chi connectivity index (χ0n) is 10.2. The van der Waals surface area contributed by atoms with E-state index in [1.807, 2.05) is 29.6 Å². The number of carbonyl (C=O) groups is 1. The molecule has 2 heterocycles. The summed E-state index contributed by atoms with van der Waals surface area (Å²) in [6.07, 6.45) is 1.53. The molecule has 1 amide bonds. The van der Waals surface area contributed by atoms with E-state index < -0.39 is 0 Å². The number of aromatic nitrogens is 2. The second kappa shape index (κ2) is 5.40. The summed E-state index contributed by atoms with van der Waals surface area (Å²) >= 11 is 2.67. The number of nitrogen functional groups attached to an aromatic ring is 1. The van der Waals surface area contributed by atoms with Crippen molar-refractivity contribution in [2.24, 2.45) is 0 Å². The molecule has 0 spiro atoms. The normalized spacial score (nSPS) is 10.4. The Labute approximate surface area is 123 Å². The molecule has 20 heavy (non-hydrogen) atoms. The van der Waals surface area contributed by atoms with Crippen LogP contribution in [-0.2, 0) is 0 Å². The van der Waals surface area contributed by atoms with E-state index in [0.29, 0.717) is 15.7 Å². The third-order valence-corrected chi connectivity index (χ3v) is 4.09. The number of carbonyl (C=O) groups excluding carboxylic acids is 1. The molecule has 0 bridgehead atoms. The van der Waals surface area contributed by atoms with Gasteiger partial charge in [-0.2, -0.15) is 0 Å². The molecular weight excluding hydrogens is 292 g/mol. The van der Waals surface area contributed by atoms with Gasteiger partial charge in [0.1, 0.15) is 4.88 Å². The SMILES string of the molecule is Nc1cccc(-c2csc(NC(=O)c3cncs3)n2)c1. The minimum Gasteiger partial charge on any atom is -0.399 e. The summed E-state index contributed by atoms with van der Waals surface area (Å²) in [5.41, 5.74) is 9.78. The summed E-state index contributed by atoms with van der Waals surface area (Å²) in [6.45, 7) is 0. The lowest BCUT2D eigenvalue weighted by Crippen LogP contribution is -2.09. The first kappa shape index (κ1) is 12.8. The van der Waals surface area contributed by atoms with E-state index in [9.17, 15) is 4.79 Å². The largest absolute Gasteiger partial charge is 0.399 e. The minimum atomic E-state index is -0.194. The minimum absolute atomic E-state index is 0.194. The number of nitrogens with zero attached hydrogens (tertiary/aromatic N) is 2. The highest BCUT2D eigenvalue weighted by Crippen LogP contribution is 2.26. The maximum absolute atomic E-state index is 11.9. The van der Waals surface area contributed by atoms with Gasteiger partial charge in [0.15, 0.2) is 5.13 Å². The van der Waals surface area contributed by atoms with Crippen LogP contribution in [0.2, 0.25) is 0 Å². The molecule has 0 saturated heterocycles. The monoisotopic (exact) mass is 302 g/mol. The lowest BCUT2D eigenvalue weighted by molar-refractivity contribution is 0.103. The van der Waals surface area contributed by atoms with Crippen LogP contribution < -0.4 is 11.1 Å². The third-order valence-electron chi connectivity index (χ3n) is 2.56. The highest BCUT2D eigenvalue weighted by atomic mass is 32.1. The van der Waals surface area contributed by atoms with Gasteiger partial charge in [0.2, 0.25) is 0 Å². The molecule has 100 valence electrons. The molecule has 0 aliphatic heterocycles. The molecule has 0 aliphatic carbocycles. The van der Waals surface area contributed by atoms with Crippen molar-refractivity contribution in [2.45, 2.75) is 0 Å². The third kappa shape index (κ3) is 2.68. The van der Waals surface area contributed by atoms with Gasteiger partial charge in [0.25, 0.3) is 5.91 Å². The summed E-state index contributed by atoms with van der Waals surface area (Å²) in [4.78, 5) is 20.7. The van der Waals surface area contributed by atoms with Gasteiger partial charge in [0, 0.05) is 16.6 Å². The van der Waals surface area contributed by atoms with Crippen LogP contribution in [0.25, 0.3) is 11.3 Å². The van der Waals surface area contributed by atoms with Crippen molar-refractivity contribution in [3.8, 4) is 11.3 Å². The van der Waals surface area contributed by atoms with Crippen LogP contribution in [0.1, 0.15) is 9.67 Å². The van der Waals surface area contributed by atoms with Crippen molar-refractivity contribution < 1.29 is 4.79 Å². The molecule has 0 atom stereocenters. The van der Waals surface area contributed by atoms with E-state index in [0.717, 1.165) is 11.3 Å². The number of amides is 1. The molecule has 0 saturated carbocycles. The van der Waals surface area contributed by atoms with Crippen LogP contribution in [-0.4, -0.2) is 15.9 Å². The van der Waals surface area contributed by atoms with Crippen molar-refractivity contribution in [1.29, 1.82) is 0 Å². The van der Waals surface area contributed by atoms with E-state index in [-0.39, 0.29) is 5.91 Å². The summed E-state index contributed by atoms with van der Waals surface area (Å²) in [7, 11) is 0. The van der Waals surface area contributed by atoms with Crippen LogP contribution in [0, 0.1) is 0 Å². The van der Waals surface area contributed by atoms with Crippen molar-refractivity contribution in [2.75, 3.05) is 11.1 Å². The predicted molar refractivity (Wildman–Crippen MR) is 82.0 cm³/mol. The topological polar surface area (TPSA) is 80.9 Å². The van der Waals surface area contributed by atoms with Crippen molar-refractivity contribution >= 4 is 39.4 Å². The van der Waals surface area contributed by atoms with Gasteiger partial charge in [-0.1, -0.05) is 12.1 Å². The molecule has 7 heteroatoms. The zero-order chi connectivity index (χ0) is 13.9. The van der Waals surface area contributed by atoms with E-state index in [2.05, 4.69) is 15.3 Å². The van der Waals surface area contributed by atoms with Gasteiger partial charge >= 0.3 is 0 Å². The Balaban J connectivity index is 1.79. The Morgan fingerprint density at radius 1 is 1.30 bits per heavy atom. The van der Waals surface area contributed by atoms with Gasteiger partial charge < -0.3 is 5.73 Å². The molecule has 5 nitrogen and oxygen atoms in total. The van der Waals surface area contributed by atoms with Gasteiger partial charge in [-0.3, -0.25) is 15.1 Å². The van der Waals surface area contributed by atoms with Gasteiger partial charge in [-0.15, -0.1) is 22.7 Å². The number of hydrogen-bond donors (Lipinski definition) is 2. The Bertz CT molecular complexity index is 736. The highest BCUT2D eigenvalue weighted by Gasteiger charge is 2.11. The maximum Gasteiger partial charge on any atom is 0.269 e. The summed E-state index contributed by atoms with van der Waals surface area (Å²) < 4.78 is 0. The molecule has 3 N–H and O–H groups in total. The fourth-order valence-corrected chi connectivity index (χ4v) is 2.88. The van der Waals surface area contributed by atoms with Crippen molar-refractivity contribution in [1.82, 2.24) is 9.97 Å². The summed E-state index contributed by atoms with van der Waals surface area (Å²) in [5, 5.41) is 5.20. The van der Waals surface area contributed by atoms with Gasteiger partial charge in [-0.05, 0) is 12.1 Å². The Morgan fingerprint density at radius 2 is 2.20 bits per heavy atom. The second-order valence-electron chi connectivity index (χ2n) is 3.98. The van der Waals surface area contributed by atoms with Crippen LogP contribution in [0.15, 0.2) is 41.4 Å². The molecule has 0 radical (unpaired) electrons. The number of thiazole rings is 2. The quantitative estimate of drug-likeness (QED) is 0.728. The highest BCUT2D eigenvalue weighted by molar-refractivity contribution is 7.14. The fraction of sp³-hybridized carbons (Fsp3) is 0. The smallest absolute Gasteiger partial charge is 0.269 e. The number of rotatable bonds is 3. The lowest BCUT2D eigenvalue weighted by atomic mass is 10.1. The fourth-order valence-electron chi connectivity index (χ4n) is 1.65. The molecule has 0 fully saturated rings. The Kier molecular flexibility index (Phi) is 3.44. The maximum atomic E-state index is 11.9. The van der Waals surface area contributed by atoms with Crippen LogP contribution >= 0.6 is 22.7 Å². The molecule has 0 aliphatic rings. The molecule has 1 aromatic carbocycles. The van der Waals surface area contributed by atoms with E-state index >= 15 is 0 Å². The Hall–Kier alpha value is -2.25. The number of anilines is 2. The first-order chi connectivity index (χ1) is 9.72. The van der Waals surface area contributed by atoms with Crippen molar-refractivity contribution in [3.63, 3.8) is 0 Å². The van der Waals surface area contributed by atoms with Crippen LogP contribution in [0.4, 0.5) is 10.8 Å².